The molecule has 0 aliphatic carbocycles. The molecular weight excluding hydrogens is 320 g/mol. The van der Waals surface area contributed by atoms with Crippen molar-refractivity contribution in [3.05, 3.63) is 45.6 Å². The molecule has 1 aliphatic heterocycles. The number of hydrogen-bond donors (Lipinski definition) is 1. The van der Waals surface area contributed by atoms with Gasteiger partial charge in [-0.25, -0.2) is 0 Å². The van der Waals surface area contributed by atoms with Crippen LogP contribution >= 0.6 is 11.3 Å². The minimum Gasteiger partial charge on any atom is -0.493 e. The Labute approximate surface area is 148 Å². The van der Waals surface area contributed by atoms with Crippen LogP contribution in [0.15, 0.2) is 30.3 Å². The number of nitrogens with one attached hydrogen (secondary N) is 1. The molecule has 1 aromatic carbocycles. The third-order valence-electron chi connectivity index (χ3n) is 4.50. The first-order valence-corrected chi connectivity index (χ1v) is 9.28. The summed E-state index contributed by atoms with van der Waals surface area (Å²) in [7, 11) is 3.42. The maximum atomic E-state index is 5.74. The summed E-state index contributed by atoms with van der Waals surface area (Å²) in [5.41, 5.74) is 1.18. The average molecular weight is 346 g/mol. The van der Waals surface area contributed by atoms with Gasteiger partial charge in [0.1, 0.15) is 0 Å². The molecule has 1 atom stereocenters. The molecule has 130 valence electrons. The first-order chi connectivity index (χ1) is 11.7. The molecule has 0 amide bonds. The zero-order valence-electron chi connectivity index (χ0n) is 14.7. The van der Waals surface area contributed by atoms with Crippen LogP contribution in [0.1, 0.15) is 27.8 Å². The SMILES string of the molecule is COc1cccc(C(c2ccc(C)s2)N2CCCNCC2)c1OC. The van der Waals surface area contributed by atoms with Crippen LogP contribution in [0.4, 0.5) is 0 Å². The Morgan fingerprint density at radius 2 is 1.96 bits per heavy atom. The molecule has 1 aromatic heterocycles. The highest BCUT2D eigenvalue weighted by Gasteiger charge is 2.28. The normalized spacial score (nSPS) is 17.3. The fourth-order valence-electron chi connectivity index (χ4n) is 3.38. The molecule has 2 aromatic rings. The second-order valence-electron chi connectivity index (χ2n) is 6.07. The van der Waals surface area contributed by atoms with Crippen LogP contribution in [-0.4, -0.2) is 45.3 Å². The van der Waals surface area contributed by atoms with Crippen LogP contribution < -0.4 is 14.8 Å². The minimum absolute atomic E-state index is 0.202. The number of aryl methyl sites for hydroxylation is 1. The van der Waals surface area contributed by atoms with Gasteiger partial charge in [0, 0.05) is 35.0 Å². The number of para-hydroxylation sites is 1. The van der Waals surface area contributed by atoms with E-state index in [0.29, 0.717) is 0 Å². The Hall–Kier alpha value is -1.56. The Balaban J connectivity index is 2.07. The van der Waals surface area contributed by atoms with E-state index in [-0.39, 0.29) is 6.04 Å². The summed E-state index contributed by atoms with van der Waals surface area (Å²) >= 11 is 1.87. The molecule has 24 heavy (non-hydrogen) atoms. The lowest BCUT2D eigenvalue weighted by Gasteiger charge is -2.31. The molecule has 0 saturated carbocycles. The molecule has 2 heterocycles. The average Bonchev–Trinajstić information content (AvgIpc) is 2.86. The first kappa shape index (κ1) is 17.3. The Morgan fingerprint density at radius 1 is 1.08 bits per heavy atom. The standard InChI is InChI=1S/C19H26N2O2S/c1-14-8-9-17(24-14)18(21-12-5-10-20-11-13-21)15-6-4-7-16(22-2)19(15)23-3/h4,6-9,18,20H,5,10-13H2,1-3H3. The van der Waals surface area contributed by atoms with Crippen molar-refractivity contribution >= 4 is 11.3 Å². The Bertz CT molecular complexity index is 663. The molecule has 5 heteroatoms. The Kier molecular flexibility index (Phi) is 5.76. The topological polar surface area (TPSA) is 33.7 Å². The molecule has 1 saturated heterocycles. The molecule has 0 radical (unpaired) electrons. The van der Waals surface area contributed by atoms with E-state index >= 15 is 0 Å². The van der Waals surface area contributed by atoms with Gasteiger partial charge in [0.25, 0.3) is 0 Å². The van der Waals surface area contributed by atoms with E-state index < -0.39 is 0 Å². The zero-order chi connectivity index (χ0) is 16.9. The van der Waals surface area contributed by atoms with Gasteiger partial charge in [0.15, 0.2) is 11.5 Å². The lowest BCUT2D eigenvalue weighted by Crippen LogP contribution is -2.32. The summed E-state index contributed by atoms with van der Waals surface area (Å²) in [6, 6.07) is 10.8. The van der Waals surface area contributed by atoms with Crippen molar-refractivity contribution in [2.45, 2.75) is 19.4 Å². The van der Waals surface area contributed by atoms with Crippen LogP contribution in [0.25, 0.3) is 0 Å². The molecule has 3 rings (SSSR count). The van der Waals surface area contributed by atoms with E-state index in [1.54, 1.807) is 14.2 Å². The van der Waals surface area contributed by atoms with Gasteiger partial charge in [-0.15, -0.1) is 11.3 Å². The summed E-state index contributed by atoms with van der Waals surface area (Å²) in [5, 5.41) is 3.50. The van der Waals surface area contributed by atoms with Crippen LogP contribution in [0, 0.1) is 6.92 Å². The fourth-order valence-corrected chi connectivity index (χ4v) is 4.41. The predicted molar refractivity (Wildman–Crippen MR) is 99.5 cm³/mol. The summed E-state index contributed by atoms with van der Waals surface area (Å²) < 4.78 is 11.3. The molecule has 4 nitrogen and oxygen atoms in total. The maximum Gasteiger partial charge on any atom is 0.165 e. The molecule has 0 bridgehead atoms. The fraction of sp³-hybridized carbons (Fsp3) is 0.474. The molecule has 1 fully saturated rings. The number of thiophene rings is 1. The summed E-state index contributed by atoms with van der Waals surface area (Å²) in [6.07, 6.45) is 1.16. The van der Waals surface area contributed by atoms with Crippen molar-refractivity contribution in [3.63, 3.8) is 0 Å². The van der Waals surface area contributed by atoms with Gasteiger partial charge in [-0.1, -0.05) is 12.1 Å². The van der Waals surface area contributed by atoms with E-state index in [1.807, 2.05) is 17.4 Å². The monoisotopic (exact) mass is 346 g/mol. The van der Waals surface area contributed by atoms with Gasteiger partial charge in [-0.05, 0) is 38.1 Å². The van der Waals surface area contributed by atoms with Gasteiger partial charge < -0.3 is 14.8 Å². The van der Waals surface area contributed by atoms with E-state index in [4.69, 9.17) is 9.47 Å². The van der Waals surface area contributed by atoms with Gasteiger partial charge >= 0.3 is 0 Å². The predicted octanol–water partition coefficient (Wildman–Crippen LogP) is 3.46. The quantitative estimate of drug-likeness (QED) is 0.899. The van der Waals surface area contributed by atoms with Gasteiger partial charge in [-0.2, -0.15) is 0 Å². The highest BCUT2D eigenvalue weighted by molar-refractivity contribution is 7.12. The van der Waals surface area contributed by atoms with Gasteiger partial charge in [-0.3, -0.25) is 4.90 Å². The third kappa shape index (κ3) is 3.58. The smallest absolute Gasteiger partial charge is 0.165 e. The van der Waals surface area contributed by atoms with Crippen molar-refractivity contribution in [2.75, 3.05) is 40.4 Å². The lowest BCUT2D eigenvalue weighted by atomic mass is 10.0. The number of methoxy groups -OCH3 is 2. The maximum absolute atomic E-state index is 5.74. The number of nitrogens with zero attached hydrogens (tertiary/aromatic N) is 1. The van der Waals surface area contributed by atoms with Crippen molar-refractivity contribution in [3.8, 4) is 11.5 Å². The molecule has 1 N–H and O–H groups in total. The largest absolute Gasteiger partial charge is 0.493 e. The third-order valence-corrected chi connectivity index (χ3v) is 5.55. The zero-order valence-corrected chi connectivity index (χ0v) is 15.5. The van der Waals surface area contributed by atoms with Crippen molar-refractivity contribution in [2.24, 2.45) is 0 Å². The van der Waals surface area contributed by atoms with Crippen molar-refractivity contribution in [1.82, 2.24) is 10.2 Å². The molecule has 1 aliphatic rings. The number of benzene rings is 1. The van der Waals surface area contributed by atoms with Crippen LogP contribution in [-0.2, 0) is 0 Å². The number of ether oxygens (including phenoxy) is 2. The van der Waals surface area contributed by atoms with E-state index in [0.717, 1.165) is 44.1 Å². The second-order valence-corrected chi connectivity index (χ2v) is 7.39. The number of hydrogen-bond acceptors (Lipinski definition) is 5. The van der Waals surface area contributed by atoms with Crippen molar-refractivity contribution in [1.29, 1.82) is 0 Å². The van der Waals surface area contributed by atoms with Crippen LogP contribution in [0.2, 0.25) is 0 Å². The van der Waals surface area contributed by atoms with Crippen molar-refractivity contribution < 1.29 is 9.47 Å². The van der Waals surface area contributed by atoms with E-state index in [1.165, 1.54) is 15.3 Å². The minimum atomic E-state index is 0.202. The van der Waals surface area contributed by atoms with Crippen LogP contribution in [0.3, 0.4) is 0 Å². The summed E-state index contributed by atoms with van der Waals surface area (Å²) in [5.74, 6) is 1.63. The molecular formula is C19H26N2O2S. The lowest BCUT2D eigenvalue weighted by molar-refractivity contribution is 0.237. The van der Waals surface area contributed by atoms with Gasteiger partial charge in [0.2, 0.25) is 0 Å². The highest BCUT2D eigenvalue weighted by Crippen LogP contribution is 2.42. The molecule has 1 unspecified atom stereocenters. The van der Waals surface area contributed by atoms with Gasteiger partial charge in [0.05, 0.1) is 20.3 Å². The first-order valence-electron chi connectivity index (χ1n) is 8.46. The second kappa shape index (κ2) is 8.01. The summed E-state index contributed by atoms with van der Waals surface area (Å²) in [4.78, 5) is 5.26. The Morgan fingerprint density at radius 3 is 2.67 bits per heavy atom. The summed E-state index contributed by atoms with van der Waals surface area (Å²) in [6.45, 7) is 6.38. The van der Waals surface area contributed by atoms with E-state index in [2.05, 4.69) is 41.4 Å². The highest BCUT2D eigenvalue weighted by atomic mass is 32.1. The number of rotatable bonds is 5. The van der Waals surface area contributed by atoms with E-state index in [9.17, 15) is 0 Å². The van der Waals surface area contributed by atoms with Crippen LogP contribution in [0.5, 0.6) is 11.5 Å². The molecule has 0 spiro atoms.